The van der Waals surface area contributed by atoms with Gasteiger partial charge in [0.2, 0.25) is 0 Å². The van der Waals surface area contributed by atoms with E-state index in [0.717, 1.165) is 12.1 Å². The molecule has 0 unspecified atom stereocenters. The van der Waals surface area contributed by atoms with Crippen molar-refractivity contribution in [2.75, 3.05) is 0 Å². The predicted octanol–water partition coefficient (Wildman–Crippen LogP) is 2.80. The molecule has 0 aliphatic heterocycles. The van der Waals surface area contributed by atoms with Gasteiger partial charge in [0.05, 0.1) is 12.2 Å². The second kappa shape index (κ2) is 3.83. The number of halogens is 4. The van der Waals surface area contributed by atoms with Crippen LogP contribution in [0.15, 0.2) is 18.2 Å². The maximum atomic E-state index is 12.1. The molecule has 0 radical (unpaired) electrons. The Morgan fingerprint density at radius 3 is 2.31 bits per heavy atom. The molecule has 1 rings (SSSR count). The van der Waals surface area contributed by atoms with Crippen molar-refractivity contribution >= 4 is 22.6 Å². The number of hydrogen-bond acceptors (Lipinski definition) is 1. The maximum Gasteiger partial charge on any atom is 0.416 e. The summed E-state index contributed by atoms with van der Waals surface area (Å²) in [5.74, 6) is 0. The highest BCUT2D eigenvalue weighted by Gasteiger charge is 2.30. The topological polar surface area (TPSA) is 20.2 Å². The zero-order chi connectivity index (χ0) is 10.1. The van der Waals surface area contributed by atoms with Gasteiger partial charge in [-0.25, -0.2) is 0 Å². The minimum atomic E-state index is -4.31. The lowest BCUT2D eigenvalue weighted by molar-refractivity contribution is -0.137. The van der Waals surface area contributed by atoms with Crippen LogP contribution in [0.4, 0.5) is 13.2 Å². The molecule has 0 aliphatic rings. The third kappa shape index (κ3) is 2.57. The number of hydrogen-bond donors (Lipinski definition) is 1. The largest absolute Gasteiger partial charge is 0.416 e. The SMILES string of the molecule is OCc1ccc(C(F)(F)F)cc1I. The van der Waals surface area contributed by atoms with Crippen molar-refractivity contribution in [2.45, 2.75) is 12.8 Å². The highest BCUT2D eigenvalue weighted by atomic mass is 127. The van der Waals surface area contributed by atoms with Crippen LogP contribution in [0, 0.1) is 3.57 Å². The fraction of sp³-hybridized carbons (Fsp3) is 0.250. The van der Waals surface area contributed by atoms with E-state index >= 15 is 0 Å². The first kappa shape index (κ1) is 10.8. The fourth-order valence-corrected chi connectivity index (χ4v) is 1.54. The number of aliphatic hydroxyl groups excluding tert-OH is 1. The summed E-state index contributed by atoms with van der Waals surface area (Å²) in [7, 11) is 0. The van der Waals surface area contributed by atoms with Gasteiger partial charge < -0.3 is 5.11 Å². The lowest BCUT2D eigenvalue weighted by Gasteiger charge is -2.08. The molecule has 5 heteroatoms. The Morgan fingerprint density at radius 2 is 1.92 bits per heavy atom. The highest BCUT2D eigenvalue weighted by molar-refractivity contribution is 14.1. The van der Waals surface area contributed by atoms with Crippen molar-refractivity contribution in [1.29, 1.82) is 0 Å². The Morgan fingerprint density at radius 1 is 1.31 bits per heavy atom. The van der Waals surface area contributed by atoms with Gasteiger partial charge in [0.15, 0.2) is 0 Å². The molecule has 0 saturated heterocycles. The van der Waals surface area contributed by atoms with E-state index in [4.69, 9.17) is 5.11 Å². The molecule has 0 bridgehead atoms. The summed E-state index contributed by atoms with van der Waals surface area (Å²) in [5.41, 5.74) is -0.178. The smallest absolute Gasteiger partial charge is 0.392 e. The van der Waals surface area contributed by atoms with Crippen molar-refractivity contribution in [3.8, 4) is 0 Å². The first-order valence-corrected chi connectivity index (χ1v) is 4.49. The first-order chi connectivity index (χ1) is 5.95. The molecule has 0 atom stereocenters. The van der Waals surface area contributed by atoms with Crippen LogP contribution in [-0.4, -0.2) is 5.11 Å². The third-order valence-corrected chi connectivity index (χ3v) is 2.55. The molecular weight excluding hydrogens is 296 g/mol. The molecule has 0 amide bonds. The zero-order valence-electron chi connectivity index (χ0n) is 6.40. The van der Waals surface area contributed by atoms with E-state index in [1.807, 2.05) is 0 Å². The highest BCUT2D eigenvalue weighted by Crippen LogP contribution is 2.30. The van der Waals surface area contributed by atoms with Crippen LogP contribution in [0.5, 0.6) is 0 Å². The van der Waals surface area contributed by atoms with Crippen molar-refractivity contribution in [1.82, 2.24) is 0 Å². The van der Waals surface area contributed by atoms with E-state index in [9.17, 15) is 13.2 Å². The summed E-state index contributed by atoms with van der Waals surface area (Å²) in [6, 6.07) is 3.27. The molecular formula is C8H6F3IO. The summed E-state index contributed by atoms with van der Waals surface area (Å²) in [6.07, 6.45) is -4.31. The molecule has 72 valence electrons. The average Bonchev–Trinajstić information content (AvgIpc) is 2.02. The minimum absolute atomic E-state index is 0.240. The van der Waals surface area contributed by atoms with Crippen molar-refractivity contribution in [3.63, 3.8) is 0 Å². The van der Waals surface area contributed by atoms with Gasteiger partial charge >= 0.3 is 6.18 Å². The van der Waals surface area contributed by atoms with E-state index in [1.165, 1.54) is 6.07 Å². The van der Waals surface area contributed by atoms with E-state index < -0.39 is 11.7 Å². The number of rotatable bonds is 1. The van der Waals surface area contributed by atoms with Crippen LogP contribution in [0.25, 0.3) is 0 Å². The molecule has 1 N–H and O–H groups in total. The predicted molar refractivity (Wildman–Crippen MR) is 50.1 cm³/mol. The summed E-state index contributed by atoms with van der Waals surface area (Å²) in [6.45, 7) is -0.240. The molecule has 0 heterocycles. The zero-order valence-corrected chi connectivity index (χ0v) is 8.56. The Labute approximate surface area is 86.7 Å². The summed E-state index contributed by atoms with van der Waals surface area (Å²) >= 11 is 1.77. The Hall–Kier alpha value is -0.300. The van der Waals surface area contributed by atoms with Crippen LogP contribution in [0.1, 0.15) is 11.1 Å². The second-order valence-corrected chi connectivity index (χ2v) is 3.62. The van der Waals surface area contributed by atoms with Crippen molar-refractivity contribution in [2.24, 2.45) is 0 Å². The summed E-state index contributed by atoms with van der Waals surface area (Å²) < 4.78 is 36.8. The van der Waals surface area contributed by atoms with E-state index in [2.05, 4.69) is 0 Å². The Balaban J connectivity index is 3.10. The molecule has 0 aromatic heterocycles. The molecule has 13 heavy (non-hydrogen) atoms. The summed E-state index contributed by atoms with van der Waals surface area (Å²) in [5, 5.41) is 8.73. The van der Waals surface area contributed by atoms with Crippen LogP contribution >= 0.6 is 22.6 Å². The molecule has 1 aromatic carbocycles. The van der Waals surface area contributed by atoms with E-state index in [0.29, 0.717) is 9.13 Å². The van der Waals surface area contributed by atoms with Gasteiger partial charge in [-0.1, -0.05) is 6.07 Å². The standard InChI is InChI=1S/C8H6F3IO/c9-8(10,11)6-2-1-5(4-13)7(12)3-6/h1-3,13H,4H2. The van der Waals surface area contributed by atoms with Crippen LogP contribution in [0.3, 0.4) is 0 Å². The van der Waals surface area contributed by atoms with Gasteiger partial charge in [0.1, 0.15) is 0 Å². The minimum Gasteiger partial charge on any atom is -0.392 e. The van der Waals surface area contributed by atoms with Crippen molar-refractivity contribution in [3.05, 3.63) is 32.9 Å². The van der Waals surface area contributed by atoms with Gasteiger partial charge in [0, 0.05) is 3.57 Å². The lowest BCUT2D eigenvalue weighted by Crippen LogP contribution is -2.05. The molecule has 1 nitrogen and oxygen atoms in total. The Kier molecular flexibility index (Phi) is 3.18. The molecule has 1 aromatic rings. The van der Waals surface area contributed by atoms with Gasteiger partial charge in [-0.3, -0.25) is 0 Å². The lowest BCUT2D eigenvalue weighted by atomic mass is 10.1. The van der Waals surface area contributed by atoms with Gasteiger partial charge in [-0.2, -0.15) is 13.2 Å². The van der Waals surface area contributed by atoms with Crippen LogP contribution < -0.4 is 0 Å². The fourth-order valence-electron chi connectivity index (χ4n) is 0.852. The van der Waals surface area contributed by atoms with Crippen LogP contribution in [0.2, 0.25) is 0 Å². The van der Waals surface area contributed by atoms with E-state index in [-0.39, 0.29) is 6.61 Å². The normalized spacial score (nSPS) is 11.8. The van der Waals surface area contributed by atoms with Gasteiger partial charge in [-0.15, -0.1) is 0 Å². The molecule has 0 aliphatic carbocycles. The second-order valence-electron chi connectivity index (χ2n) is 2.46. The monoisotopic (exact) mass is 302 g/mol. The third-order valence-electron chi connectivity index (χ3n) is 1.55. The number of benzene rings is 1. The average molecular weight is 302 g/mol. The Bertz CT molecular complexity index is 309. The van der Waals surface area contributed by atoms with Gasteiger partial charge in [-0.05, 0) is 40.3 Å². The molecule has 0 spiro atoms. The number of aliphatic hydroxyl groups is 1. The van der Waals surface area contributed by atoms with Crippen molar-refractivity contribution < 1.29 is 18.3 Å². The van der Waals surface area contributed by atoms with E-state index in [1.54, 1.807) is 22.6 Å². The van der Waals surface area contributed by atoms with Crippen LogP contribution in [-0.2, 0) is 12.8 Å². The number of alkyl halides is 3. The first-order valence-electron chi connectivity index (χ1n) is 3.41. The van der Waals surface area contributed by atoms with Gasteiger partial charge in [0.25, 0.3) is 0 Å². The molecule has 0 fully saturated rings. The molecule has 0 saturated carbocycles. The summed E-state index contributed by atoms with van der Waals surface area (Å²) in [4.78, 5) is 0. The maximum absolute atomic E-state index is 12.1. The quantitative estimate of drug-likeness (QED) is 0.791.